The number of benzene rings is 1. The molecular formula is C14H17N3O2S. The highest BCUT2D eigenvalue weighted by Crippen LogP contribution is 2.28. The minimum atomic E-state index is -0.342. The van der Waals surface area contributed by atoms with Gasteiger partial charge in [-0.25, -0.2) is 10.8 Å². The molecule has 0 saturated carbocycles. The van der Waals surface area contributed by atoms with Gasteiger partial charge >= 0.3 is 0 Å². The van der Waals surface area contributed by atoms with E-state index in [-0.39, 0.29) is 12.5 Å². The van der Waals surface area contributed by atoms with Crippen molar-refractivity contribution in [3.05, 3.63) is 40.4 Å². The quantitative estimate of drug-likeness (QED) is 0.502. The molecule has 0 aliphatic carbocycles. The Bertz CT molecular complexity index is 593. The largest absolute Gasteiger partial charge is 0.378 e. The van der Waals surface area contributed by atoms with Crippen molar-refractivity contribution in [2.75, 3.05) is 7.11 Å². The van der Waals surface area contributed by atoms with Crippen LogP contribution < -0.4 is 11.3 Å². The lowest BCUT2D eigenvalue weighted by atomic mass is 10.1. The van der Waals surface area contributed by atoms with Crippen LogP contribution in [0.3, 0.4) is 0 Å². The number of ether oxygens (including phenoxy) is 1. The standard InChI is InChI=1S/C14H17N3O2S/c1-3-9-4-6-10(7-5-9)14-16-11(8-19-2)12(20-14)13(18)17-15/h4-7H,3,8,15H2,1-2H3,(H,17,18). The number of rotatable bonds is 5. The van der Waals surface area contributed by atoms with E-state index < -0.39 is 0 Å². The fourth-order valence-corrected chi connectivity index (χ4v) is 2.81. The van der Waals surface area contributed by atoms with Crippen molar-refractivity contribution in [1.29, 1.82) is 0 Å². The molecule has 0 spiro atoms. The van der Waals surface area contributed by atoms with Gasteiger partial charge in [0.05, 0.1) is 12.3 Å². The first-order chi connectivity index (χ1) is 9.69. The Labute approximate surface area is 121 Å². The van der Waals surface area contributed by atoms with Gasteiger partial charge in [0.25, 0.3) is 5.91 Å². The SMILES string of the molecule is CCc1ccc(-c2nc(COC)c(C(=O)NN)s2)cc1. The molecule has 2 aromatic rings. The second-order valence-corrected chi connectivity index (χ2v) is 5.25. The number of nitrogens with one attached hydrogen (secondary N) is 1. The maximum absolute atomic E-state index is 11.7. The van der Waals surface area contributed by atoms with E-state index >= 15 is 0 Å². The molecule has 3 N–H and O–H groups in total. The maximum Gasteiger partial charge on any atom is 0.277 e. The predicted octanol–water partition coefficient (Wildman–Crippen LogP) is 2.12. The van der Waals surface area contributed by atoms with E-state index in [2.05, 4.69) is 29.5 Å². The molecule has 5 nitrogen and oxygen atoms in total. The summed E-state index contributed by atoms with van der Waals surface area (Å²) in [5.74, 6) is 4.85. The van der Waals surface area contributed by atoms with Gasteiger partial charge in [-0.1, -0.05) is 31.2 Å². The van der Waals surface area contributed by atoms with Crippen LogP contribution in [0.5, 0.6) is 0 Å². The van der Waals surface area contributed by atoms with E-state index in [1.54, 1.807) is 7.11 Å². The summed E-state index contributed by atoms with van der Waals surface area (Å²) in [6.45, 7) is 2.39. The van der Waals surface area contributed by atoms with Crippen molar-refractivity contribution in [3.8, 4) is 10.6 Å². The topological polar surface area (TPSA) is 77.2 Å². The van der Waals surface area contributed by atoms with Gasteiger partial charge in [-0.3, -0.25) is 10.2 Å². The molecule has 0 aliphatic heterocycles. The fourth-order valence-electron chi connectivity index (χ4n) is 1.84. The normalized spacial score (nSPS) is 10.6. The first-order valence-corrected chi connectivity index (χ1v) is 7.10. The molecule has 1 heterocycles. The fraction of sp³-hybridized carbons (Fsp3) is 0.286. The monoisotopic (exact) mass is 291 g/mol. The van der Waals surface area contributed by atoms with Gasteiger partial charge in [0.1, 0.15) is 9.88 Å². The van der Waals surface area contributed by atoms with E-state index in [1.807, 2.05) is 12.1 Å². The van der Waals surface area contributed by atoms with Gasteiger partial charge in [0.15, 0.2) is 0 Å². The number of nitrogens with two attached hydrogens (primary N) is 1. The average molecular weight is 291 g/mol. The van der Waals surface area contributed by atoms with E-state index in [9.17, 15) is 4.79 Å². The molecule has 0 radical (unpaired) electrons. The highest BCUT2D eigenvalue weighted by Gasteiger charge is 2.18. The third kappa shape index (κ3) is 3.04. The molecule has 0 atom stereocenters. The zero-order valence-electron chi connectivity index (χ0n) is 11.5. The van der Waals surface area contributed by atoms with E-state index in [0.717, 1.165) is 17.0 Å². The van der Waals surface area contributed by atoms with Gasteiger partial charge in [-0.05, 0) is 12.0 Å². The van der Waals surface area contributed by atoms with Crippen LogP contribution in [0.25, 0.3) is 10.6 Å². The Balaban J connectivity index is 2.38. The Hall–Kier alpha value is -1.76. The van der Waals surface area contributed by atoms with Crippen molar-refractivity contribution in [2.24, 2.45) is 5.84 Å². The Kier molecular flexibility index (Phi) is 4.84. The number of hydrogen-bond donors (Lipinski definition) is 2. The van der Waals surface area contributed by atoms with Crippen molar-refractivity contribution in [2.45, 2.75) is 20.0 Å². The summed E-state index contributed by atoms with van der Waals surface area (Å²) >= 11 is 1.32. The molecule has 0 aliphatic rings. The van der Waals surface area contributed by atoms with Crippen LogP contribution in [0.1, 0.15) is 27.9 Å². The van der Waals surface area contributed by atoms with Crippen LogP contribution in [-0.2, 0) is 17.8 Å². The molecule has 106 valence electrons. The maximum atomic E-state index is 11.7. The van der Waals surface area contributed by atoms with Crippen LogP contribution in [-0.4, -0.2) is 18.0 Å². The van der Waals surface area contributed by atoms with Crippen LogP contribution in [0.4, 0.5) is 0 Å². The van der Waals surface area contributed by atoms with Gasteiger partial charge in [-0.15, -0.1) is 11.3 Å². The summed E-state index contributed by atoms with van der Waals surface area (Å²) < 4.78 is 5.07. The van der Waals surface area contributed by atoms with Crippen LogP contribution >= 0.6 is 11.3 Å². The van der Waals surface area contributed by atoms with Crippen LogP contribution in [0.2, 0.25) is 0 Å². The highest BCUT2D eigenvalue weighted by atomic mass is 32.1. The lowest BCUT2D eigenvalue weighted by Gasteiger charge is -1.98. The third-order valence-corrected chi connectivity index (χ3v) is 4.07. The van der Waals surface area contributed by atoms with Crippen molar-refractivity contribution >= 4 is 17.2 Å². The second-order valence-electron chi connectivity index (χ2n) is 4.25. The summed E-state index contributed by atoms with van der Waals surface area (Å²) in [6.07, 6.45) is 0.994. The minimum absolute atomic E-state index is 0.284. The number of methoxy groups -OCH3 is 1. The predicted molar refractivity (Wildman–Crippen MR) is 79.3 cm³/mol. The van der Waals surface area contributed by atoms with Gasteiger partial charge in [-0.2, -0.15) is 0 Å². The number of carbonyl (C=O) groups is 1. The Morgan fingerprint density at radius 3 is 2.65 bits per heavy atom. The first kappa shape index (κ1) is 14.6. The molecule has 0 unspecified atom stereocenters. The average Bonchev–Trinajstić information content (AvgIpc) is 2.91. The molecular weight excluding hydrogens is 274 g/mol. The van der Waals surface area contributed by atoms with E-state index in [4.69, 9.17) is 10.6 Å². The van der Waals surface area contributed by atoms with Crippen molar-refractivity contribution < 1.29 is 9.53 Å². The molecule has 20 heavy (non-hydrogen) atoms. The van der Waals surface area contributed by atoms with Crippen LogP contribution in [0.15, 0.2) is 24.3 Å². The highest BCUT2D eigenvalue weighted by molar-refractivity contribution is 7.17. The second kappa shape index (κ2) is 6.60. The molecule has 1 amide bonds. The van der Waals surface area contributed by atoms with E-state index in [0.29, 0.717) is 10.6 Å². The van der Waals surface area contributed by atoms with Crippen LogP contribution in [0, 0.1) is 0 Å². The number of nitrogens with zero attached hydrogens (tertiary/aromatic N) is 1. The smallest absolute Gasteiger partial charge is 0.277 e. The first-order valence-electron chi connectivity index (χ1n) is 6.28. The minimum Gasteiger partial charge on any atom is -0.378 e. The summed E-state index contributed by atoms with van der Waals surface area (Å²) in [4.78, 5) is 16.7. The molecule has 1 aromatic carbocycles. The number of hydrazine groups is 1. The lowest BCUT2D eigenvalue weighted by molar-refractivity contribution is 0.0952. The van der Waals surface area contributed by atoms with Gasteiger partial charge in [0.2, 0.25) is 0 Å². The summed E-state index contributed by atoms with van der Waals surface area (Å²) in [5.41, 5.74) is 5.00. The molecule has 0 fully saturated rings. The third-order valence-electron chi connectivity index (χ3n) is 2.92. The number of amides is 1. The van der Waals surface area contributed by atoms with Gasteiger partial charge < -0.3 is 4.74 Å². The summed E-state index contributed by atoms with van der Waals surface area (Å²) in [6, 6.07) is 8.15. The number of nitrogen functional groups attached to an aromatic ring is 1. The number of aryl methyl sites for hydroxylation is 1. The van der Waals surface area contributed by atoms with Crippen molar-refractivity contribution in [1.82, 2.24) is 10.4 Å². The molecule has 2 rings (SSSR count). The zero-order chi connectivity index (χ0) is 14.5. The van der Waals surface area contributed by atoms with E-state index in [1.165, 1.54) is 16.9 Å². The molecule has 6 heteroatoms. The lowest BCUT2D eigenvalue weighted by Crippen LogP contribution is -2.30. The summed E-state index contributed by atoms with van der Waals surface area (Å²) in [5, 5.41) is 0.790. The Morgan fingerprint density at radius 1 is 1.40 bits per heavy atom. The number of thiazole rings is 1. The molecule has 1 aromatic heterocycles. The Morgan fingerprint density at radius 2 is 2.10 bits per heavy atom. The number of hydrogen-bond acceptors (Lipinski definition) is 5. The van der Waals surface area contributed by atoms with Crippen molar-refractivity contribution in [3.63, 3.8) is 0 Å². The van der Waals surface area contributed by atoms with Gasteiger partial charge in [0, 0.05) is 12.7 Å². The summed E-state index contributed by atoms with van der Waals surface area (Å²) in [7, 11) is 1.57. The number of aromatic nitrogens is 1. The molecule has 0 bridgehead atoms. The zero-order valence-corrected chi connectivity index (χ0v) is 12.3. The molecule has 0 saturated heterocycles. The number of carbonyl (C=O) groups excluding carboxylic acids is 1.